The summed E-state index contributed by atoms with van der Waals surface area (Å²) in [4.78, 5) is 9.29. The number of nitrogens with zero attached hydrogens (tertiary/aromatic N) is 3. The zero-order valence-corrected chi connectivity index (χ0v) is 21.8. The van der Waals surface area contributed by atoms with Gasteiger partial charge in [-0.25, -0.2) is 0 Å². The van der Waals surface area contributed by atoms with Crippen molar-refractivity contribution in [3.63, 3.8) is 0 Å². The summed E-state index contributed by atoms with van der Waals surface area (Å²) in [5.41, 5.74) is 2.64. The fraction of sp³-hybridized carbons (Fsp3) is 0.480. The molecule has 1 heterocycles. The fourth-order valence-corrected chi connectivity index (χ4v) is 3.67. The molecule has 0 saturated carbocycles. The Hall–Kier alpha value is -1.84. The van der Waals surface area contributed by atoms with Crippen LogP contribution in [-0.2, 0) is 13.1 Å². The Kier molecular flexibility index (Phi) is 12.4. The second-order valence-corrected chi connectivity index (χ2v) is 8.12. The van der Waals surface area contributed by atoms with Gasteiger partial charge in [0.25, 0.3) is 0 Å². The Labute approximate surface area is 210 Å². The van der Waals surface area contributed by atoms with Crippen molar-refractivity contribution in [1.82, 2.24) is 20.4 Å². The van der Waals surface area contributed by atoms with Gasteiger partial charge >= 0.3 is 0 Å². The Morgan fingerprint density at radius 3 is 2.44 bits per heavy atom. The average Bonchev–Trinajstić information content (AvgIpc) is 3.01. The van der Waals surface area contributed by atoms with Crippen molar-refractivity contribution in [2.75, 3.05) is 53.4 Å². The first kappa shape index (κ1) is 26.4. The molecule has 0 bridgehead atoms. The predicted molar refractivity (Wildman–Crippen MR) is 144 cm³/mol. The van der Waals surface area contributed by atoms with Gasteiger partial charge in [-0.1, -0.05) is 42.5 Å². The molecule has 0 amide bonds. The van der Waals surface area contributed by atoms with Gasteiger partial charge < -0.3 is 20.3 Å². The van der Waals surface area contributed by atoms with Crippen LogP contribution in [0.3, 0.4) is 0 Å². The van der Waals surface area contributed by atoms with Crippen molar-refractivity contribution in [3.05, 3.63) is 65.7 Å². The first-order valence-electron chi connectivity index (χ1n) is 11.3. The third-order valence-electron chi connectivity index (χ3n) is 5.55. The summed E-state index contributed by atoms with van der Waals surface area (Å²) in [5, 5.41) is 6.74. The lowest BCUT2D eigenvalue weighted by Crippen LogP contribution is -2.37. The molecule has 0 radical (unpaired) electrons. The van der Waals surface area contributed by atoms with E-state index in [2.05, 4.69) is 56.7 Å². The lowest BCUT2D eigenvalue weighted by molar-refractivity contribution is 0.269. The van der Waals surface area contributed by atoms with Crippen LogP contribution < -0.4 is 15.4 Å². The predicted octanol–water partition coefficient (Wildman–Crippen LogP) is 3.58. The minimum Gasteiger partial charge on any atom is -0.494 e. The fourth-order valence-electron chi connectivity index (χ4n) is 3.67. The van der Waals surface area contributed by atoms with Crippen LogP contribution in [0.5, 0.6) is 5.75 Å². The van der Waals surface area contributed by atoms with Crippen molar-refractivity contribution in [3.8, 4) is 5.75 Å². The molecule has 3 rings (SSSR count). The molecule has 32 heavy (non-hydrogen) atoms. The number of aliphatic imine (C=N–C) groups is 1. The summed E-state index contributed by atoms with van der Waals surface area (Å²) >= 11 is 0. The van der Waals surface area contributed by atoms with Crippen LogP contribution in [0.2, 0.25) is 0 Å². The summed E-state index contributed by atoms with van der Waals surface area (Å²) < 4.78 is 5.72. The summed E-state index contributed by atoms with van der Waals surface area (Å²) in [7, 11) is 4.02. The number of hydrogen-bond acceptors (Lipinski definition) is 4. The summed E-state index contributed by atoms with van der Waals surface area (Å²) in [6.45, 7) is 8.00. The van der Waals surface area contributed by atoms with E-state index >= 15 is 0 Å². The van der Waals surface area contributed by atoms with Crippen LogP contribution in [0.25, 0.3) is 0 Å². The number of benzene rings is 2. The monoisotopic (exact) mass is 551 g/mol. The van der Waals surface area contributed by atoms with Gasteiger partial charge in [-0.15, -0.1) is 24.0 Å². The number of hydrogen-bond donors (Lipinski definition) is 2. The lowest BCUT2D eigenvalue weighted by Gasteiger charge is -2.20. The van der Waals surface area contributed by atoms with Crippen molar-refractivity contribution in [1.29, 1.82) is 0 Å². The second-order valence-electron chi connectivity index (χ2n) is 8.12. The molecule has 176 valence electrons. The molecule has 1 saturated heterocycles. The van der Waals surface area contributed by atoms with Gasteiger partial charge in [-0.3, -0.25) is 9.89 Å². The highest BCUT2D eigenvalue weighted by atomic mass is 127. The van der Waals surface area contributed by atoms with Gasteiger partial charge in [-0.05, 0) is 56.2 Å². The first-order chi connectivity index (χ1) is 15.2. The maximum Gasteiger partial charge on any atom is 0.191 e. The van der Waals surface area contributed by atoms with Crippen LogP contribution in [0.4, 0.5) is 0 Å². The van der Waals surface area contributed by atoms with Gasteiger partial charge in [0.15, 0.2) is 5.96 Å². The molecule has 6 nitrogen and oxygen atoms in total. The smallest absolute Gasteiger partial charge is 0.191 e. The number of halogens is 1. The van der Waals surface area contributed by atoms with Crippen molar-refractivity contribution in [2.24, 2.45) is 4.99 Å². The SMILES string of the molecule is CN=C(NCCCOc1ccccc1)NCc1ccc(CN2CCCN(C)CC2)cc1.I. The van der Waals surface area contributed by atoms with Crippen molar-refractivity contribution < 1.29 is 4.74 Å². The van der Waals surface area contributed by atoms with Gasteiger partial charge in [0.1, 0.15) is 5.75 Å². The normalized spacial score (nSPS) is 15.5. The van der Waals surface area contributed by atoms with Gasteiger partial charge in [0, 0.05) is 39.8 Å². The molecule has 7 heteroatoms. The lowest BCUT2D eigenvalue weighted by atomic mass is 10.1. The molecule has 2 aromatic rings. The largest absolute Gasteiger partial charge is 0.494 e. The van der Waals surface area contributed by atoms with E-state index in [1.54, 1.807) is 7.05 Å². The van der Waals surface area contributed by atoms with E-state index in [9.17, 15) is 0 Å². The molecule has 0 atom stereocenters. The summed E-state index contributed by atoms with van der Waals surface area (Å²) in [6, 6.07) is 18.9. The number of para-hydroxylation sites is 1. The van der Waals surface area contributed by atoms with Crippen LogP contribution in [-0.4, -0.2) is 69.2 Å². The molecule has 1 aliphatic heterocycles. The van der Waals surface area contributed by atoms with Crippen LogP contribution in [0, 0.1) is 0 Å². The molecule has 1 fully saturated rings. The van der Waals surface area contributed by atoms with Crippen LogP contribution in [0.1, 0.15) is 24.0 Å². The summed E-state index contributed by atoms with van der Waals surface area (Å²) in [6.07, 6.45) is 2.17. The number of likely N-dealkylation sites (N-methyl/N-ethyl adjacent to an activating group) is 1. The highest BCUT2D eigenvalue weighted by molar-refractivity contribution is 14.0. The Balaban J connectivity index is 0.00000363. The minimum absolute atomic E-state index is 0. The van der Waals surface area contributed by atoms with E-state index in [0.717, 1.165) is 50.9 Å². The summed E-state index contributed by atoms with van der Waals surface area (Å²) in [5.74, 6) is 1.73. The zero-order valence-electron chi connectivity index (χ0n) is 19.4. The van der Waals surface area contributed by atoms with E-state index in [-0.39, 0.29) is 24.0 Å². The standard InChI is InChI=1S/C25H37N5O.HI/c1-26-25(27-14-6-19-31-24-8-4-3-5-9-24)28-20-22-10-12-23(13-11-22)21-30-16-7-15-29(2)17-18-30;/h3-5,8-13H,6-7,14-21H2,1-2H3,(H2,26,27,28);1H. The number of rotatable bonds is 9. The second kappa shape index (κ2) is 15.1. The molecule has 1 aliphatic rings. The van der Waals surface area contributed by atoms with Crippen LogP contribution >= 0.6 is 24.0 Å². The van der Waals surface area contributed by atoms with E-state index < -0.39 is 0 Å². The van der Waals surface area contributed by atoms with Crippen molar-refractivity contribution >= 4 is 29.9 Å². The van der Waals surface area contributed by atoms with E-state index in [0.29, 0.717) is 6.61 Å². The number of ether oxygens (including phenoxy) is 1. The highest BCUT2D eigenvalue weighted by Gasteiger charge is 2.12. The zero-order chi connectivity index (χ0) is 21.7. The molecular formula is C25H38IN5O. The molecule has 2 aromatic carbocycles. The maximum absolute atomic E-state index is 5.72. The quantitative estimate of drug-likeness (QED) is 0.216. The molecule has 0 aliphatic carbocycles. The van der Waals surface area contributed by atoms with Gasteiger partial charge in [0.2, 0.25) is 0 Å². The average molecular weight is 552 g/mol. The Bertz CT molecular complexity index is 785. The highest BCUT2D eigenvalue weighted by Crippen LogP contribution is 2.10. The number of nitrogens with one attached hydrogen (secondary N) is 2. The van der Waals surface area contributed by atoms with Gasteiger partial charge in [-0.2, -0.15) is 0 Å². The molecule has 0 unspecified atom stereocenters. The molecule has 0 spiro atoms. The first-order valence-corrected chi connectivity index (χ1v) is 11.3. The molecule has 2 N–H and O–H groups in total. The Morgan fingerprint density at radius 2 is 1.69 bits per heavy atom. The van der Waals surface area contributed by atoms with E-state index in [4.69, 9.17) is 4.74 Å². The third-order valence-corrected chi connectivity index (χ3v) is 5.55. The maximum atomic E-state index is 5.72. The third kappa shape index (κ3) is 9.75. The Morgan fingerprint density at radius 1 is 0.938 bits per heavy atom. The van der Waals surface area contributed by atoms with E-state index in [1.807, 2.05) is 30.3 Å². The van der Waals surface area contributed by atoms with Crippen molar-refractivity contribution in [2.45, 2.75) is 25.9 Å². The number of guanidine groups is 1. The van der Waals surface area contributed by atoms with Gasteiger partial charge in [0.05, 0.1) is 6.61 Å². The molecular weight excluding hydrogens is 513 g/mol. The molecule has 0 aromatic heterocycles. The topological polar surface area (TPSA) is 52.1 Å². The van der Waals surface area contributed by atoms with E-state index in [1.165, 1.54) is 30.6 Å². The minimum atomic E-state index is 0. The van der Waals surface area contributed by atoms with Crippen LogP contribution in [0.15, 0.2) is 59.6 Å².